The molecule has 1 aliphatic rings. The summed E-state index contributed by atoms with van der Waals surface area (Å²) in [5.74, 6) is 1.84. The van der Waals surface area contributed by atoms with Gasteiger partial charge in [0.1, 0.15) is 29.4 Å². The number of nitrogens with zero attached hydrogens (tertiary/aromatic N) is 3. The largest absolute Gasteiger partial charge is 0.495 e. The normalized spacial score (nSPS) is 16.8. The third kappa shape index (κ3) is 3.34. The van der Waals surface area contributed by atoms with Crippen LogP contribution in [0, 0.1) is 0 Å². The first-order chi connectivity index (χ1) is 9.13. The van der Waals surface area contributed by atoms with Crippen molar-refractivity contribution in [1.29, 1.82) is 0 Å². The van der Waals surface area contributed by atoms with Gasteiger partial charge in [-0.25, -0.2) is 9.97 Å². The zero-order valence-electron chi connectivity index (χ0n) is 10.8. The van der Waals surface area contributed by atoms with Crippen molar-refractivity contribution in [3.8, 4) is 0 Å². The summed E-state index contributed by atoms with van der Waals surface area (Å²) in [6.45, 7) is 2.95. The summed E-state index contributed by atoms with van der Waals surface area (Å²) < 4.78 is 10.5. The third-order valence-electron chi connectivity index (χ3n) is 2.73. The smallest absolute Gasteiger partial charge is 0.163 e. The molecule has 0 saturated carbocycles. The van der Waals surface area contributed by atoms with Gasteiger partial charge in [-0.1, -0.05) is 11.6 Å². The van der Waals surface area contributed by atoms with Crippen LogP contribution in [0.5, 0.6) is 0 Å². The van der Waals surface area contributed by atoms with E-state index in [2.05, 4.69) is 9.97 Å². The lowest BCUT2D eigenvalue weighted by Gasteiger charge is -2.25. The Bertz CT molecular complexity index is 477. The van der Waals surface area contributed by atoms with Crippen LogP contribution in [-0.4, -0.2) is 41.9 Å². The predicted molar refractivity (Wildman–Crippen MR) is 70.9 cm³/mol. The number of hydrogen-bond acceptors (Lipinski definition) is 6. The number of aromatic nitrogens is 2. The molecule has 0 bridgehead atoms. The van der Waals surface area contributed by atoms with Crippen LogP contribution in [0.2, 0.25) is 5.15 Å². The van der Waals surface area contributed by atoms with Crippen LogP contribution in [0.25, 0.3) is 0 Å². The molecule has 1 aromatic heterocycles. The van der Waals surface area contributed by atoms with Gasteiger partial charge < -0.3 is 19.5 Å². The third-order valence-corrected chi connectivity index (χ3v) is 2.92. The number of aliphatic hydroxyl groups is 1. The second-order valence-corrected chi connectivity index (χ2v) is 4.48. The highest BCUT2D eigenvalue weighted by molar-refractivity contribution is 6.29. The highest BCUT2D eigenvalue weighted by atomic mass is 35.5. The number of methoxy groups -OCH3 is 1. The number of rotatable bonds is 4. The molecule has 1 N–H and O–H groups in total. The average molecular weight is 286 g/mol. The van der Waals surface area contributed by atoms with Gasteiger partial charge in [-0.2, -0.15) is 0 Å². The second-order valence-electron chi connectivity index (χ2n) is 4.10. The van der Waals surface area contributed by atoms with Gasteiger partial charge in [-0.3, -0.25) is 0 Å². The fraction of sp³-hybridized carbons (Fsp3) is 0.500. The maximum atomic E-state index is 9.22. The average Bonchev–Trinajstić information content (AvgIpc) is 2.39. The molecule has 7 heteroatoms. The van der Waals surface area contributed by atoms with Crippen molar-refractivity contribution in [2.45, 2.75) is 13.0 Å². The Hall–Kier alpha value is -1.37. The molecule has 1 aromatic rings. The van der Waals surface area contributed by atoms with Crippen LogP contribution in [0.4, 0.5) is 5.82 Å². The maximum Gasteiger partial charge on any atom is 0.163 e. The lowest BCUT2D eigenvalue weighted by Crippen LogP contribution is -2.27. The van der Waals surface area contributed by atoms with Crippen LogP contribution >= 0.6 is 11.6 Å². The molecule has 104 valence electrons. The summed E-state index contributed by atoms with van der Waals surface area (Å²) in [5, 5.41) is 9.53. The molecule has 0 aromatic carbocycles. The number of halogens is 1. The highest BCUT2D eigenvalue weighted by Crippen LogP contribution is 2.22. The van der Waals surface area contributed by atoms with E-state index in [9.17, 15) is 5.11 Å². The molecule has 6 nitrogen and oxygen atoms in total. The molecular formula is C12H16ClN3O3. The summed E-state index contributed by atoms with van der Waals surface area (Å²) in [5.41, 5.74) is 0. The summed E-state index contributed by atoms with van der Waals surface area (Å²) in [6, 6.07) is 1.67. The monoisotopic (exact) mass is 285 g/mol. The van der Waals surface area contributed by atoms with Gasteiger partial charge in [0, 0.05) is 19.4 Å². The molecule has 2 heterocycles. The van der Waals surface area contributed by atoms with E-state index in [1.165, 1.54) is 7.11 Å². The van der Waals surface area contributed by atoms with E-state index < -0.39 is 6.10 Å². The highest BCUT2D eigenvalue weighted by Gasteiger charge is 2.18. The molecule has 2 rings (SSSR count). The van der Waals surface area contributed by atoms with Crippen LogP contribution in [0.15, 0.2) is 18.0 Å². The summed E-state index contributed by atoms with van der Waals surface area (Å²) in [6.07, 6.45) is 1.27. The fourth-order valence-corrected chi connectivity index (χ4v) is 1.97. The van der Waals surface area contributed by atoms with Gasteiger partial charge in [-0.15, -0.1) is 0 Å². The lowest BCUT2D eigenvalue weighted by atomic mass is 10.3. The van der Waals surface area contributed by atoms with E-state index in [1.54, 1.807) is 6.07 Å². The van der Waals surface area contributed by atoms with Crippen molar-refractivity contribution in [2.24, 2.45) is 0 Å². The van der Waals surface area contributed by atoms with Crippen LogP contribution in [0.3, 0.4) is 0 Å². The van der Waals surface area contributed by atoms with Gasteiger partial charge in [-0.05, 0) is 6.92 Å². The van der Waals surface area contributed by atoms with Gasteiger partial charge >= 0.3 is 0 Å². The van der Waals surface area contributed by atoms with Crippen LogP contribution in [-0.2, 0) is 9.47 Å². The summed E-state index contributed by atoms with van der Waals surface area (Å²) in [4.78, 5) is 10.4. The Morgan fingerprint density at radius 3 is 3.00 bits per heavy atom. The number of hydrogen-bond donors (Lipinski definition) is 1. The van der Waals surface area contributed by atoms with Crippen molar-refractivity contribution < 1.29 is 14.6 Å². The fourth-order valence-electron chi connectivity index (χ4n) is 1.78. The van der Waals surface area contributed by atoms with Crippen molar-refractivity contribution in [2.75, 3.05) is 31.8 Å². The van der Waals surface area contributed by atoms with E-state index >= 15 is 0 Å². The minimum absolute atomic E-state index is 0.200. The van der Waals surface area contributed by atoms with E-state index in [-0.39, 0.29) is 6.61 Å². The van der Waals surface area contributed by atoms with Gasteiger partial charge in [0.2, 0.25) is 0 Å². The molecule has 1 unspecified atom stereocenters. The molecule has 0 aliphatic carbocycles. The first-order valence-corrected chi connectivity index (χ1v) is 6.28. The minimum Gasteiger partial charge on any atom is -0.495 e. The maximum absolute atomic E-state index is 9.22. The Morgan fingerprint density at radius 2 is 2.37 bits per heavy atom. The Kier molecular flexibility index (Phi) is 4.57. The zero-order chi connectivity index (χ0) is 13.8. The van der Waals surface area contributed by atoms with Crippen molar-refractivity contribution in [1.82, 2.24) is 9.97 Å². The molecular weight excluding hydrogens is 270 g/mol. The molecule has 19 heavy (non-hydrogen) atoms. The first-order valence-electron chi connectivity index (χ1n) is 5.90. The topological polar surface area (TPSA) is 67.7 Å². The first kappa shape index (κ1) is 14.0. The predicted octanol–water partition coefficient (Wildman–Crippen LogP) is 1.51. The minimum atomic E-state index is -0.580. The Labute approximate surface area is 116 Å². The van der Waals surface area contributed by atoms with Crippen molar-refractivity contribution in [3.63, 3.8) is 0 Å². The molecule has 0 spiro atoms. The molecule has 0 amide bonds. The quantitative estimate of drug-likeness (QED) is 0.846. The van der Waals surface area contributed by atoms with E-state index in [1.807, 2.05) is 18.0 Å². The molecule has 1 atom stereocenters. The van der Waals surface area contributed by atoms with Gasteiger partial charge in [0.25, 0.3) is 0 Å². The zero-order valence-corrected chi connectivity index (χ0v) is 11.6. The van der Waals surface area contributed by atoms with Crippen molar-refractivity contribution in [3.05, 3.63) is 29.0 Å². The number of ether oxygens (including phenoxy) is 2. The number of aliphatic hydroxyl groups excluding tert-OH is 1. The van der Waals surface area contributed by atoms with Crippen LogP contribution in [0.1, 0.15) is 18.9 Å². The summed E-state index contributed by atoms with van der Waals surface area (Å²) in [7, 11) is 1.49. The lowest BCUT2D eigenvalue weighted by molar-refractivity contribution is 0.0423. The van der Waals surface area contributed by atoms with Crippen molar-refractivity contribution >= 4 is 17.4 Å². The molecule has 0 fully saturated rings. The van der Waals surface area contributed by atoms with E-state index in [0.717, 1.165) is 5.76 Å². The molecule has 0 radical (unpaired) electrons. The Balaban J connectivity index is 2.33. The summed E-state index contributed by atoms with van der Waals surface area (Å²) >= 11 is 6.00. The molecule has 1 aliphatic heterocycles. The van der Waals surface area contributed by atoms with Gasteiger partial charge in [0.15, 0.2) is 5.82 Å². The van der Waals surface area contributed by atoms with Crippen LogP contribution < -0.4 is 4.90 Å². The van der Waals surface area contributed by atoms with E-state index in [4.69, 9.17) is 21.1 Å². The van der Waals surface area contributed by atoms with Gasteiger partial charge in [0.05, 0.1) is 13.2 Å². The number of allylic oxidation sites excluding steroid dienone is 1. The number of anilines is 1. The standard InChI is InChI=1S/C12H16ClN3O3/c1-8-6-16(3-4-19-8)11-5-10(13)14-12(15-11)9(7-17)18-2/h5-6,9,17H,3-4,7H2,1-2H3. The molecule has 0 saturated heterocycles. The second kappa shape index (κ2) is 6.18. The van der Waals surface area contributed by atoms with E-state index in [0.29, 0.717) is 29.9 Å². The Morgan fingerprint density at radius 1 is 1.58 bits per heavy atom. The SMILES string of the molecule is COC(CO)c1nc(Cl)cc(N2C=C(C)OCC2)n1.